The molecule has 1 N–H and O–H groups in total. The molecule has 1 saturated heterocycles. The van der Waals surface area contributed by atoms with Gasteiger partial charge in [-0.3, -0.25) is 0 Å². The summed E-state index contributed by atoms with van der Waals surface area (Å²) in [5, 5.41) is 16.2. The van der Waals surface area contributed by atoms with E-state index in [1.807, 2.05) is 0 Å². The molecule has 0 radical (unpaired) electrons. The largest absolute Gasteiger partial charge is 0.476 e. The molecule has 1 amide bonds. The summed E-state index contributed by atoms with van der Waals surface area (Å²) in [6.45, 7) is 4.77. The molecule has 0 spiro atoms. The van der Waals surface area contributed by atoms with Crippen LogP contribution in [-0.2, 0) is 4.74 Å². The Balaban J connectivity index is 1.88. The summed E-state index contributed by atoms with van der Waals surface area (Å²) in [5.41, 5.74) is -0.0715. The lowest BCUT2D eigenvalue weighted by atomic mass is 10.1. The highest BCUT2D eigenvalue weighted by Crippen LogP contribution is 2.22. The molecule has 0 atom stereocenters. The number of likely N-dealkylation sites (tertiary alicyclic amines) is 1. The maximum absolute atomic E-state index is 11.6. The molecule has 0 aromatic carbocycles. The van der Waals surface area contributed by atoms with Crippen molar-refractivity contribution in [3.05, 3.63) is 24.5 Å². The van der Waals surface area contributed by atoms with Crippen LogP contribution >= 0.6 is 0 Å². The van der Waals surface area contributed by atoms with Crippen molar-refractivity contribution in [2.45, 2.75) is 18.9 Å². The van der Waals surface area contributed by atoms with Crippen molar-refractivity contribution in [1.82, 2.24) is 19.9 Å². The minimum atomic E-state index is -1.10. The van der Waals surface area contributed by atoms with Gasteiger partial charge in [-0.05, 0) is 12.8 Å². The summed E-state index contributed by atoms with van der Waals surface area (Å²) >= 11 is 0. The molecule has 2 heterocycles. The maximum Gasteiger partial charge on any atom is 0.410 e. The second-order valence-corrected chi connectivity index (χ2v) is 4.47. The first-order valence-corrected chi connectivity index (χ1v) is 6.29. The predicted octanol–water partition coefficient (Wildman–Crippen LogP) is 0.936. The molecular weight excluding hydrogens is 264 g/mol. The molecule has 0 bridgehead atoms. The van der Waals surface area contributed by atoms with Gasteiger partial charge in [-0.2, -0.15) is 0 Å². The predicted molar refractivity (Wildman–Crippen MR) is 68.4 cm³/mol. The Morgan fingerprint density at radius 2 is 2.20 bits per heavy atom. The molecule has 1 aromatic rings. The van der Waals surface area contributed by atoms with Gasteiger partial charge >= 0.3 is 12.1 Å². The zero-order valence-electron chi connectivity index (χ0n) is 10.9. The smallest absolute Gasteiger partial charge is 0.410 e. The van der Waals surface area contributed by atoms with Gasteiger partial charge in [0.15, 0.2) is 5.69 Å². The van der Waals surface area contributed by atoms with E-state index in [-0.39, 0.29) is 24.4 Å². The van der Waals surface area contributed by atoms with Crippen molar-refractivity contribution < 1.29 is 19.4 Å². The number of aromatic carboxylic acids is 1. The average Bonchev–Trinajstić information content (AvgIpc) is 2.95. The number of carbonyl (C=O) groups excluding carboxylic acids is 1. The van der Waals surface area contributed by atoms with Crippen LogP contribution in [0.1, 0.15) is 29.4 Å². The lowest BCUT2D eigenvalue weighted by Gasteiger charge is -2.30. The molecule has 8 heteroatoms. The Hall–Kier alpha value is -2.38. The van der Waals surface area contributed by atoms with E-state index in [0.29, 0.717) is 25.9 Å². The van der Waals surface area contributed by atoms with Crippen molar-refractivity contribution >= 4 is 12.1 Å². The second kappa shape index (κ2) is 6.18. The van der Waals surface area contributed by atoms with Gasteiger partial charge < -0.3 is 14.7 Å². The van der Waals surface area contributed by atoms with Crippen LogP contribution in [0.4, 0.5) is 4.79 Å². The molecule has 8 nitrogen and oxygen atoms in total. The van der Waals surface area contributed by atoms with Gasteiger partial charge in [0.2, 0.25) is 0 Å². The Bertz CT molecular complexity index is 505. The molecule has 1 aromatic heterocycles. The summed E-state index contributed by atoms with van der Waals surface area (Å²) in [6.07, 6.45) is 3.96. The third-order valence-corrected chi connectivity index (χ3v) is 3.15. The monoisotopic (exact) mass is 280 g/mol. The third kappa shape index (κ3) is 3.14. The van der Waals surface area contributed by atoms with Gasteiger partial charge in [-0.15, -0.1) is 5.10 Å². The van der Waals surface area contributed by atoms with E-state index in [2.05, 4.69) is 16.9 Å². The average molecular weight is 280 g/mol. The Morgan fingerprint density at radius 3 is 2.75 bits per heavy atom. The Kier molecular flexibility index (Phi) is 4.34. The van der Waals surface area contributed by atoms with Crippen molar-refractivity contribution in [3.63, 3.8) is 0 Å². The van der Waals surface area contributed by atoms with Crippen LogP contribution in [0, 0.1) is 0 Å². The third-order valence-electron chi connectivity index (χ3n) is 3.15. The summed E-state index contributed by atoms with van der Waals surface area (Å²) < 4.78 is 6.52. The fraction of sp³-hybridized carbons (Fsp3) is 0.500. The van der Waals surface area contributed by atoms with E-state index in [0.717, 1.165) is 0 Å². The SMILES string of the molecule is C=CCOC(=O)N1CCC(n2cc(C(=O)O)nn2)CC1. The number of hydrogen-bond donors (Lipinski definition) is 1. The number of carbonyl (C=O) groups is 2. The number of ether oxygens (including phenoxy) is 1. The van der Waals surface area contributed by atoms with Gasteiger partial charge in [0.25, 0.3) is 0 Å². The van der Waals surface area contributed by atoms with Crippen molar-refractivity contribution in [2.75, 3.05) is 19.7 Å². The van der Waals surface area contributed by atoms with Crippen molar-refractivity contribution in [3.8, 4) is 0 Å². The maximum atomic E-state index is 11.6. The zero-order chi connectivity index (χ0) is 14.5. The van der Waals surface area contributed by atoms with Gasteiger partial charge in [-0.25, -0.2) is 14.3 Å². The number of amides is 1. The fourth-order valence-electron chi connectivity index (χ4n) is 2.09. The second-order valence-electron chi connectivity index (χ2n) is 4.47. The number of piperidine rings is 1. The standard InChI is InChI=1S/C12H16N4O4/c1-2-7-20-12(19)15-5-3-9(4-6-15)16-8-10(11(17)18)13-14-16/h2,8-9H,1,3-7H2,(H,17,18). The molecule has 0 unspecified atom stereocenters. The molecule has 1 aliphatic heterocycles. The first kappa shape index (κ1) is 14.0. The molecule has 1 aliphatic rings. The minimum Gasteiger partial charge on any atom is -0.476 e. The van der Waals surface area contributed by atoms with E-state index >= 15 is 0 Å². The normalized spacial score (nSPS) is 15.9. The van der Waals surface area contributed by atoms with E-state index in [9.17, 15) is 9.59 Å². The summed E-state index contributed by atoms with van der Waals surface area (Å²) in [5.74, 6) is -1.10. The lowest BCUT2D eigenvalue weighted by Crippen LogP contribution is -2.39. The topological polar surface area (TPSA) is 97.5 Å². The van der Waals surface area contributed by atoms with Crippen LogP contribution in [0.5, 0.6) is 0 Å². The van der Waals surface area contributed by atoms with Crippen LogP contribution in [0.2, 0.25) is 0 Å². The zero-order valence-corrected chi connectivity index (χ0v) is 10.9. The molecule has 20 heavy (non-hydrogen) atoms. The summed E-state index contributed by atoms with van der Waals surface area (Å²) in [6, 6.07) is 0.0547. The quantitative estimate of drug-likeness (QED) is 0.824. The number of aromatic nitrogens is 3. The van der Waals surface area contributed by atoms with E-state index < -0.39 is 5.97 Å². The van der Waals surface area contributed by atoms with E-state index in [1.165, 1.54) is 12.3 Å². The van der Waals surface area contributed by atoms with Crippen LogP contribution in [0.3, 0.4) is 0 Å². The van der Waals surface area contributed by atoms with E-state index in [1.54, 1.807) is 9.58 Å². The molecule has 108 valence electrons. The highest BCUT2D eigenvalue weighted by molar-refractivity contribution is 5.84. The van der Waals surface area contributed by atoms with Crippen LogP contribution in [0.15, 0.2) is 18.9 Å². The number of carboxylic acid groups (broad SMARTS) is 1. The highest BCUT2D eigenvalue weighted by Gasteiger charge is 2.25. The van der Waals surface area contributed by atoms with E-state index in [4.69, 9.17) is 9.84 Å². The van der Waals surface area contributed by atoms with Crippen LogP contribution in [-0.4, -0.2) is 56.8 Å². The van der Waals surface area contributed by atoms with Gasteiger partial charge in [0, 0.05) is 13.1 Å². The first-order chi connectivity index (χ1) is 9.61. The first-order valence-electron chi connectivity index (χ1n) is 6.29. The summed E-state index contributed by atoms with van der Waals surface area (Å²) in [7, 11) is 0. The summed E-state index contributed by atoms with van der Waals surface area (Å²) in [4.78, 5) is 24.0. The molecular formula is C12H16N4O4. The fourth-order valence-corrected chi connectivity index (χ4v) is 2.09. The van der Waals surface area contributed by atoms with Gasteiger partial charge in [0.05, 0.1) is 12.2 Å². The minimum absolute atomic E-state index is 0.0547. The number of carboxylic acids is 1. The molecule has 0 aliphatic carbocycles. The molecule has 2 rings (SSSR count). The van der Waals surface area contributed by atoms with Gasteiger partial charge in [-0.1, -0.05) is 17.9 Å². The van der Waals surface area contributed by atoms with Crippen LogP contribution < -0.4 is 0 Å². The van der Waals surface area contributed by atoms with Crippen molar-refractivity contribution in [1.29, 1.82) is 0 Å². The molecule has 0 saturated carbocycles. The van der Waals surface area contributed by atoms with Gasteiger partial charge in [0.1, 0.15) is 6.61 Å². The molecule has 1 fully saturated rings. The number of nitrogens with zero attached hydrogens (tertiary/aromatic N) is 4. The highest BCUT2D eigenvalue weighted by atomic mass is 16.6. The van der Waals surface area contributed by atoms with Crippen molar-refractivity contribution in [2.24, 2.45) is 0 Å². The number of rotatable bonds is 4. The van der Waals surface area contributed by atoms with Crippen LogP contribution in [0.25, 0.3) is 0 Å². The Morgan fingerprint density at radius 1 is 1.50 bits per heavy atom. The number of hydrogen-bond acceptors (Lipinski definition) is 5. The Labute approximate surface area is 115 Å². The lowest BCUT2D eigenvalue weighted by molar-refractivity contribution is 0.0690.